The molecule has 1 amide bonds. The minimum atomic E-state index is -0.00459. The van der Waals surface area contributed by atoms with Crippen molar-refractivity contribution in [3.05, 3.63) is 60.0 Å². The third kappa shape index (κ3) is 3.22. The van der Waals surface area contributed by atoms with E-state index in [1.807, 2.05) is 36.7 Å². The average molecular weight is 390 g/mol. The second-order valence-electron chi connectivity index (χ2n) is 8.24. The van der Waals surface area contributed by atoms with E-state index in [-0.39, 0.29) is 11.9 Å². The lowest BCUT2D eigenvalue weighted by molar-refractivity contribution is -0.0670. The van der Waals surface area contributed by atoms with Crippen molar-refractivity contribution in [3.8, 4) is 5.69 Å². The molecular weight excluding hydrogens is 364 g/mol. The molecule has 2 aliphatic rings. The number of piperidine rings is 1. The molecule has 2 bridgehead atoms. The number of benzene rings is 1. The molecule has 150 valence electrons. The summed E-state index contributed by atoms with van der Waals surface area (Å²) in [5.41, 5.74) is 3.84. The van der Waals surface area contributed by atoms with Crippen LogP contribution in [0, 0.1) is 6.92 Å². The summed E-state index contributed by atoms with van der Waals surface area (Å²) in [6.45, 7) is 3.56. The lowest BCUT2D eigenvalue weighted by atomic mass is 9.90. The number of morpholine rings is 1. The van der Waals surface area contributed by atoms with Gasteiger partial charge in [0, 0.05) is 35.9 Å². The molecule has 5 rings (SSSR count). The van der Waals surface area contributed by atoms with Crippen LogP contribution in [0.15, 0.2) is 48.9 Å². The third-order valence-corrected chi connectivity index (χ3v) is 6.45. The van der Waals surface area contributed by atoms with Crippen molar-refractivity contribution in [2.45, 2.75) is 37.9 Å². The van der Waals surface area contributed by atoms with Gasteiger partial charge < -0.3 is 14.6 Å². The first-order chi connectivity index (χ1) is 14.1. The summed E-state index contributed by atoms with van der Waals surface area (Å²) < 4.78 is 7.78. The van der Waals surface area contributed by atoms with Gasteiger partial charge in [0.05, 0.1) is 36.2 Å². The maximum atomic E-state index is 13.3. The largest absolute Gasteiger partial charge is 0.378 e. The summed E-state index contributed by atoms with van der Waals surface area (Å²) >= 11 is 0. The van der Waals surface area contributed by atoms with E-state index in [4.69, 9.17) is 4.74 Å². The number of aromatic nitrogens is 2. The molecule has 1 aromatic carbocycles. The Labute approximate surface area is 170 Å². The Morgan fingerprint density at radius 3 is 2.69 bits per heavy atom. The molecule has 2 aliphatic heterocycles. The van der Waals surface area contributed by atoms with Crippen LogP contribution in [0.2, 0.25) is 0 Å². The Morgan fingerprint density at radius 2 is 1.93 bits per heavy atom. The zero-order valence-corrected chi connectivity index (χ0v) is 16.8. The normalized spacial score (nSPS) is 24.6. The second-order valence-corrected chi connectivity index (χ2v) is 8.24. The number of amides is 1. The second kappa shape index (κ2) is 7.28. The quantitative estimate of drug-likeness (QED) is 0.747. The lowest BCUT2D eigenvalue weighted by Gasteiger charge is -2.46. The first-order valence-corrected chi connectivity index (χ1v) is 10.2. The van der Waals surface area contributed by atoms with Crippen LogP contribution < -0.4 is 5.32 Å². The molecule has 0 saturated carbocycles. The first-order valence-electron chi connectivity index (χ1n) is 10.2. The molecule has 6 heteroatoms. The fraction of sp³-hybridized carbons (Fsp3) is 0.391. The standard InChI is InChI=1S/C23H26N4O2/c1-15-7-8-24-11-22(15)27-12-20(19-5-3-4-6-21(19)27)23(28)25-16-9-17-13-29-14-18(10-16)26(17)2/h3-8,11-12,16-18H,9-10,13-14H2,1-2H3,(H,25,28)/t16?,17-,18+. The number of carbonyl (C=O) groups is 1. The van der Waals surface area contributed by atoms with E-state index < -0.39 is 0 Å². The van der Waals surface area contributed by atoms with Crippen molar-refractivity contribution in [2.75, 3.05) is 20.3 Å². The van der Waals surface area contributed by atoms with E-state index in [1.54, 1.807) is 6.20 Å². The molecule has 29 heavy (non-hydrogen) atoms. The van der Waals surface area contributed by atoms with Crippen molar-refractivity contribution < 1.29 is 9.53 Å². The Balaban J connectivity index is 1.46. The number of rotatable bonds is 3. The van der Waals surface area contributed by atoms with Crippen LogP contribution in [0.3, 0.4) is 0 Å². The van der Waals surface area contributed by atoms with Crippen molar-refractivity contribution in [2.24, 2.45) is 0 Å². The lowest BCUT2D eigenvalue weighted by Crippen LogP contribution is -2.59. The minimum Gasteiger partial charge on any atom is -0.378 e. The van der Waals surface area contributed by atoms with Crippen LogP contribution in [0.5, 0.6) is 0 Å². The van der Waals surface area contributed by atoms with E-state index >= 15 is 0 Å². The smallest absolute Gasteiger partial charge is 0.253 e. The van der Waals surface area contributed by atoms with Crippen LogP contribution in [-0.4, -0.2) is 58.7 Å². The molecule has 2 saturated heterocycles. The highest BCUT2D eigenvalue weighted by atomic mass is 16.5. The zero-order chi connectivity index (χ0) is 20.0. The molecule has 2 aromatic heterocycles. The topological polar surface area (TPSA) is 59.4 Å². The van der Waals surface area contributed by atoms with Crippen molar-refractivity contribution in [1.82, 2.24) is 19.8 Å². The molecule has 3 atom stereocenters. The Morgan fingerprint density at radius 1 is 1.17 bits per heavy atom. The molecule has 2 fully saturated rings. The number of carbonyl (C=O) groups excluding carboxylic acids is 1. The predicted molar refractivity (Wildman–Crippen MR) is 112 cm³/mol. The maximum absolute atomic E-state index is 13.3. The molecule has 6 nitrogen and oxygen atoms in total. The Kier molecular flexibility index (Phi) is 4.60. The monoisotopic (exact) mass is 390 g/mol. The molecule has 0 aliphatic carbocycles. The van der Waals surface area contributed by atoms with E-state index in [0.717, 1.165) is 48.2 Å². The molecular formula is C23H26N4O2. The highest BCUT2D eigenvalue weighted by molar-refractivity contribution is 6.07. The molecule has 3 aromatic rings. The fourth-order valence-corrected chi connectivity index (χ4v) is 4.74. The number of hydrogen-bond acceptors (Lipinski definition) is 4. The van der Waals surface area contributed by atoms with Crippen LogP contribution in [-0.2, 0) is 4.74 Å². The van der Waals surface area contributed by atoms with Gasteiger partial charge in [-0.1, -0.05) is 18.2 Å². The summed E-state index contributed by atoms with van der Waals surface area (Å²) in [6, 6.07) is 11.0. The number of para-hydroxylation sites is 1. The minimum absolute atomic E-state index is 0.00459. The number of likely N-dealkylation sites (N-methyl/N-ethyl adjacent to an activating group) is 1. The number of ether oxygens (including phenoxy) is 1. The van der Waals surface area contributed by atoms with Gasteiger partial charge in [-0.25, -0.2) is 0 Å². The van der Waals surface area contributed by atoms with Crippen LogP contribution in [0.1, 0.15) is 28.8 Å². The summed E-state index contributed by atoms with van der Waals surface area (Å²) in [5, 5.41) is 4.27. The van der Waals surface area contributed by atoms with Gasteiger partial charge in [-0.3, -0.25) is 14.7 Å². The number of nitrogens with zero attached hydrogens (tertiary/aromatic N) is 3. The number of pyridine rings is 1. The highest BCUT2D eigenvalue weighted by Crippen LogP contribution is 2.29. The fourth-order valence-electron chi connectivity index (χ4n) is 4.74. The van der Waals surface area contributed by atoms with Crippen LogP contribution in [0.25, 0.3) is 16.6 Å². The molecule has 4 heterocycles. The van der Waals surface area contributed by atoms with Gasteiger partial charge in [0.25, 0.3) is 5.91 Å². The average Bonchev–Trinajstić information content (AvgIpc) is 3.09. The van der Waals surface area contributed by atoms with Gasteiger partial charge in [-0.2, -0.15) is 0 Å². The molecule has 0 spiro atoms. The highest BCUT2D eigenvalue weighted by Gasteiger charge is 2.37. The van der Waals surface area contributed by atoms with Crippen LogP contribution in [0.4, 0.5) is 0 Å². The third-order valence-electron chi connectivity index (χ3n) is 6.45. The Hall–Kier alpha value is -2.70. The first kappa shape index (κ1) is 18.3. The number of fused-ring (bicyclic) bond motifs is 3. The van der Waals surface area contributed by atoms with Gasteiger partial charge in [-0.15, -0.1) is 0 Å². The van der Waals surface area contributed by atoms with E-state index in [2.05, 4.69) is 39.8 Å². The van der Waals surface area contributed by atoms with Crippen molar-refractivity contribution in [1.29, 1.82) is 0 Å². The number of nitrogens with one attached hydrogen (secondary N) is 1. The molecule has 1 unspecified atom stereocenters. The van der Waals surface area contributed by atoms with E-state index in [0.29, 0.717) is 17.6 Å². The molecule has 0 radical (unpaired) electrons. The maximum Gasteiger partial charge on any atom is 0.253 e. The van der Waals surface area contributed by atoms with Crippen molar-refractivity contribution >= 4 is 16.8 Å². The van der Waals surface area contributed by atoms with Gasteiger partial charge in [0.15, 0.2) is 0 Å². The summed E-state index contributed by atoms with van der Waals surface area (Å²) in [4.78, 5) is 20.0. The zero-order valence-electron chi connectivity index (χ0n) is 16.8. The van der Waals surface area contributed by atoms with E-state index in [1.165, 1.54) is 0 Å². The summed E-state index contributed by atoms with van der Waals surface area (Å²) in [6.07, 6.45) is 7.45. The SMILES string of the molecule is Cc1ccncc1-n1cc(C(=O)NC2C[C@H]3COC[C@@H](C2)N3C)c2ccccc21. The molecule has 1 N–H and O–H groups in total. The Bertz CT molecular complexity index is 1050. The van der Waals surface area contributed by atoms with Gasteiger partial charge in [-0.05, 0) is 44.5 Å². The van der Waals surface area contributed by atoms with Gasteiger partial charge in [0.1, 0.15) is 0 Å². The summed E-state index contributed by atoms with van der Waals surface area (Å²) in [5.74, 6) is -0.00459. The van der Waals surface area contributed by atoms with Crippen LogP contribution >= 0.6 is 0 Å². The van der Waals surface area contributed by atoms with Gasteiger partial charge >= 0.3 is 0 Å². The predicted octanol–water partition coefficient (Wildman–Crippen LogP) is 2.93. The summed E-state index contributed by atoms with van der Waals surface area (Å²) in [7, 11) is 2.17. The number of hydrogen-bond donors (Lipinski definition) is 1. The van der Waals surface area contributed by atoms with Crippen molar-refractivity contribution in [3.63, 3.8) is 0 Å². The van der Waals surface area contributed by atoms with Gasteiger partial charge in [0.2, 0.25) is 0 Å². The number of aryl methyl sites for hydroxylation is 1. The van der Waals surface area contributed by atoms with E-state index in [9.17, 15) is 4.79 Å².